The topological polar surface area (TPSA) is 86.8 Å². The van der Waals surface area contributed by atoms with E-state index in [0.717, 1.165) is 15.4 Å². The van der Waals surface area contributed by atoms with E-state index in [-0.39, 0.29) is 35.2 Å². The van der Waals surface area contributed by atoms with Crippen molar-refractivity contribution in [3.63, 3.8) is 0 Å². The molecule has 2 atom stereocenters. The number of amides is 2. The molecule has 236 valence electrons. The highest BCUT2D eigenvalue weighted by molar-refractivity contribution is 9.10. The van der Waals surface area contributed by atoms with Crippen LogP contribution < -0.4 is 9.62 Å². The number of benzene rings is 4. The molecule has 0 aliphatic rings. The average Bonchev–Trinajstić information content (AvgIpc) is 3.02. The third-order valence-electron chi connectivity index (χ3n) is 7.55. The van der Waals surface area contributed by atoms with Crippen molar-refractivity contribution in [2.75, 3.05) is 10.8 Å². The molecule has 1 N–H and O–H groups in total. The minimum Gasteiger partial charge on any atom is -0.352 e. The third kappa shape index (κ3) is 8.79. The molecule has 7 nitrogen and oxygen atoms in total. The first kappa shape index (κ1) is 33.9. The molecule has 0 heterocycles. The van der Waals surface area contributed by atoms with Gasteiger partial charge >= 0.3 is 0 Å². The number of anilines is 1. The molecule has 0 unspecified atom stereocenters. The van der Waals surface area contributed by atoms with Gasteiger partial charge in [0.25, 0.3) is 10.0 Å². The molecule has 0 bridgehead atoms. The zero-order valence-corrected chi connectivity index (χ0v) is 27.9. The van der Waals surface area contributed by atoms with Crippen LogP contribution in [-0.4, -0.2) is 43.8 Å². The van der Waals surface area contributed by atoms with E-state index in [1.165, 1.54) is 23.1 Å². The minimum atomic E-state index is -4.23. The van der Waals surface area contributed by atoms with Crippen LogP contribution in [0.5, 0.6) is 0 Å². The second-order valence-corrected chi connectivity index (χ2v) is 13.7. The molecule has 4 rings (SSSR count). The van der Waals surface area contributed by atoms with Crippen molar-refractivity contribution in [2.24, 2.45) is 0 Å². The predicted octanol–water partition coefficient (Wildman–Crippen LogP) is 6.65. The Hall–Kier alpha value is -4.02. The number of halogens is 2. The largest absolute Gasteiger partial charge is 0.352 e. The van der Waals surface area contributed by atoms with Gasteiger partial charge in [0, 0.05) is 29.0 Å². The molecule has 2 amide bonds. The Morgan fingerprint density at radius 2 is 1.58 bits per heavy atom. The number of nitrogens with one attached hydrogen (secondary N) is 1. The van der Waals surface area contributed by atoms with E-state index in [4.69, 9.17) is 0 Å². The van der Waals surface area contributed by atoms with Gasteiger partial charge in [-0.15, -0.1) is 0 Å². The highest BCUT2D eigenvalue weighted by Crippen LogP contribution is 2.28. The lowest BCUT2D eigenvalue weighted by Crippen LogP contribution is -2.54. The Morgan fingerprint density at radius 3 is 2.22 bits per heavy atom. The van der Waals surface area contributed by atoms with Crippen LogP contribution in [0.15, 0.2) is 112 Å². The molecule has 10 heteroatoms. The van der Waals surface area contributed by atoms with E-state index in [9.17, 15) is 18.0 Å². The van der Waals surface area contributed by atoms with Gasteiger partial charge in [0.1, 0.15) is 18.4 Å². The van der Waals surface area contributed by atoms with Crippen LogP contribution in [0.25, 0.3) is 0 Å². The fourth-order valence-electron chi connectivity index (χ4n) is 4.80. The van der Waals surface area contributed by atoms with Gasteiger partial charge in [-0.1, -0.05) is 95.1 Å². The summed E-state index contributed by atoms with van der Waals surface area (Å²) in [7, 11) is -4.23. The number of nitrogens with zero attached hydrogens (tertiary/aromatic N) is 2. The quantitative estimate of drug-likeness (QED) is 0.170. The highest BCUT2D eigenvalue weighted by Gasteiger charge is 2.35. The van der Waals surface area contributed by atoms with Crippen molar-refractivity contribution >= 4 is 43.5 Å². The van der Waals surface area contributed by atoms with Gasteiger partial charge < -0.3 is 10.2 Å². The van der Waals surface area contributed by atoms with E-state index >= 15 is 4.39 Å². The standard InChI is InChI=1S/C35H37BrFN3O4S/c1-4-26(3)38-35(42)33(21-27-11-6-5-7-12-27)39(23-28-13-8-9-16-32(28)37)34(41)24-40(30-15-10-14-29(36)22-30)45(43,44)31-19-17-25(2)18-20-31/h5-20,22,26,33H,4,21,23-24H2,1-3H3,(H,38,42)/t26-,33+/m0/s1. The van der Waals surface area contributed by atoms with E-state index in [2.05, 4.69) is 21.2 Å². The maximum absolute atomic E-state index is 15.0. The molecule has 4 aromatic rings. The molecule has 4 aromatic carbocycles. The molecular weight excluding hydrogens is 657 g/mol. The lowest BCUT2D eigenvalue weighted by molar-refractivity contribution is -0.140. The van der Waals surface area contributed by atoms with E-state index in [1.54, 1.807) is 54.6 Å². The van der Waals surface area contributed by atoms with E-state index in [0.29, 0.717) is 10.9 Å². The molecule has 0 radical (unpaired) electrons. The lowest BCUT2D eigenvalue weighted by atomic mass is 10.0. The Balaban J connectivity index is 1.82. The van der Waals surface area contributed by atoms with Crippen molar-refractivity contribution in [3.05, 3.63) is 130 Å². The molecule has 0 aromatic heterocycles. The average molecular weight is 695 g/mol. The van der Waals surface area contributed by atoms with Crippen molar-refractivity contribution in [2.45, 2.75) is 57.1 Å². The van der Waals surface area contributed by atoms with Gasteiger partial charge in [-0.25, -0.2) is 12.8 Å². The molecular formula is C35H37BrFN3O4S. The molecule has 0 saturated carbocycles. The molecule has 0 aliphatic carbocycles. The summed E-state index contributed by atoms with van der Waals surface area (Å²) in [6.45, 7) is 4.79. The second-order valence-electron chi connectivity index (χ2n) is 10.9. The van der Waals surface area contributed by atoms with Crippen LogP contribution in [0.1, 0.15) is 37.0 Å². The zero-order valence-electron chi connectivity index (χ0n) is 25.5. The molecule has 0 spiro atoms. The lowest BCUT2D eigenvalue weighted by Gasteiger charge is -2.34. The SMILES string of the molecule is CC[C@H](C)NC(=O)[C@@H](Cc1ccccc1)N(Cc1ccccc1F)C(=O)CN(c1cccc(Br)c1)S(=O)(=O)c1ccc(C)cc1. The molecule has 0 fully saturated rings. The van der Waals surface area contributed by atoms with Gasteiger partial charge in [-0.2, -0.15) is 0 Å². The van der Waals surface area contributed by atoms with Crippen molar-refractivity contribution in [1.82, 2.24) is 10.2 Å². The first-order valence-corrected chi connectivity index (χ1v) is 16.9. The molecule has 45 heavy (non-hydrogen) atoms. The van der Waals surface area contributed by atoms with Gasteiger partial charge in [0.15, 0.2) is 0 Å². The van der Waals surface area contributed by atoms with Gasteiger partial charge in [0.05, 0.1) is 10.6 Å². The summed E-state index contributed by atoms with van der Waals surface area (Å²) in [4.78, 5) is 29.6. The fraction of sp³-hybridized carbons (Fsp3) is 0.257. The minimum absolute atomic E-state index is 0.0110. The smallest absolute Gasteiger partial charge is 0.264 e. The number of carbonyl (C=O) groups is 2. The van der Waals surface area contributed by atoms with Gasteiger partial charge in [-0.3, -0.25) is 13.9 Å². The first-order valence-electron chi connectivity index (χ1n) is 14.7. The maximum atomic E-state index is 15.0. The Labute approximate surface area is 273 Å². The maximum Gasteiger partial charge on any atom is 0.264 e. The van der Waals surface area contributed by atoms with Gasteiger partial charge in [-0.05, 0) is 62.2 Å². The number of hydrogen-bond donors (Lipinski definition) is 1. The summed E-state index contributed by atoms with van der Waals surface area (Å²) >= 11 is 3.41. The fourth-order valence-corrected chi connectivity index (χ4v) is 6.60. The van der Waals surface area contributed by atoms with Crippen LogP contribution >= 0.6 is 15.9 Å². The van der Waals surface area contributed by atoms with Crippen molar-refractivity contribution in [1.29, 1.82) is 0 Å². The third-order valence-corrected chi connectivity index (χ3v) is 9.84. The highest BCUT2D eigenvalue weighted by atomic mass is 79.9. The number of rotatable bonds is 13. The summed E-state index contributed by atoms with van der Waals surface area (Å²) < 4.78 is 44.9. The monoisotopic (exact) mass is 693 g/mol. The summed E-state index contributed by atoms with van der Waals surface area (Å²) in [5.41, 5.74) is 2.14. The van der Waals surface area contributed by atoms with Crippen LogP contribution in [0.2, 0.25) is 0 Å². The van der Waals surface area contributed by atoms with Crippen molar-refractivity contribution < 1.29 is 22.4 Å². The first-order chi connectivity index (χ1) is 21.5. The van der Waals surface area contributed by atoms with Crippen LogP contribution in [0.4, 0.5) is 10.1 Å². The summed E-state index contributed by atoms with van der Waals surface area (Å²) in [6.07, 6.45) is 0.807. The van der Waals surface area contributed by atoms with E-state index in [1.807, 2.05) is 51.1 Å². The van der Waals surface area contributed by atoms with Crippen LogP contribution in [0.3, 0.4) is 0 Å². The zero-order chi connectivity index (χ0) is 32.6. The molecule has 0 aliphatic heterocycles. The van der Waals surface area contributed by atoms with Crippen LogP contribution in [0, 0.1) is 12.7 Å². The summed E-state index contributed by atoms with van der Waals surface area (Å²) in [6, 6.07) is 27.0. The Bertz CT molecular complexity index is 1720. The Morgan fingerprint density at radius 1 is 0.911 bits per heavy atom. The van der Waals surface area contributed by atoms with E-state index < -0.39 is 40.2 Å². The Kier molecular flexibility index (Phi) is 11.5. The predicted molar refractivity (Wildman–Crippen MR) is 179 cm³/mol. The summed E-state index contributed by atoms with van der Waals surface area (Å²) in [5, 5.41) is 2.97. The molecule has 0 saturated heterocycles. The van der Waals surface area contributed by atoms with Crippen molar-refractivity contribution in [3.8, 4) is 0 Å². The van der Waals surface area contributed by atoms with Gasteiger partial charge in [0.2, 0.25) is 11.8 Å². The normalized spacial score (nSPS) is 12.6. The number of carbonyl (C=O) groups excluding carboxylic acids is 2. The summed E-state index contributed by atoms with van der Waals surface area (Å²) in [5.74, 6) is -1.60. The number of sulfonamides is 1. The van der Waals surface area contributed by atoms with Crippen LogP contribution in [-0.2, 0) is 32.6 Å². The number of hydrogen-bond acceptors (Lipinski definition) is 4. The second kappa shape index (κ2) is 15.3. The number of aryl methyl sites for hydroxylation is 1.